The fourth-order valence-electron chi connectivity index (χ4n) is 3.03. The molecule has 1 nitrogen and oxygen atoms in total. The second kappa shape index (κ2) is 6.39. The van der Waals surface area contributed by atoms with Crippen LogP contribution in [0, 0.1) is 6.92 Å². The molecule has 3 aromatic carbocycles. The van der Waals surface area contributed by atoms with Crippen molar-refractivity contribution in [3.8, 4) is 0 Å². The predicted octanol–water partition coefficient (Wildman–Crippen LogP) is 5.71. The van der Waals surface area contributed by atoms with E-state index in [-0.39, 0.29) is 12.4 Å². The Balaban J connectivity index is 0.00000156. The standard InChI is InChI=1S/C21H17N.ClH/c1-15-10-12-16(13-11-15)14-19-17-6-2-4-8-20(17)22-21-9-5-3-7-18(19)21;/h2-13H,14H2,1H3;1H. The lowest BCUT2D eigenvalue weighted by atomic mass is 9.96. The molecule has 23 heavy (non-hydrogen) atoms. The topological polar surface area (TPSA) is 12.9 Å². The van der Waals surface area contributed by atoms with Gasteiger partial charge in [-0.05, 0) is 36.6 Å². The molecule has 0 atom stereocenters. The first-order valence-corrected chi connectivity index (χ1v) is 7.63. The summed E-state index contributed by atoms with van der Waals surface area (Å²) in [6, 6.07) is 25.7. The van der Waals surface area contributed by atoms with Crippen molar-refractivity contribution in [2.75, 3.05) is 0 Å². The highest BCUT2D eigenvalue weighted by Gasteiger charge is 2.09. The van der Waals surface area contributed by atoms with Gasteiger partial charge in [0.1, 0.15) is 0 Å². The van der Waals surface area contributed by atoms with Crippen molar-refractivity contribution in [3.05, 3.63) is 89.5 Å². The molecule has 0 aliphatic carbocycles. The van der Waals surface area contributed by atoms with Crippen LogP contribution in [0.4, 0.5) is 0 Å². The van der Waals surface area contributed by atoms with E-state index in [2.05, 4.69) is 79.7 Å². The van der Waals surface area contributed by atoms with Crippen LogP contribution in [0.2, 0.25) is 0 Å². The number of halogens is 1. The Morgan fingerprint density at radius 2 is 1.22 bits per heavy atom. The molecule has 114 valence electrons. The van der Waals surface area contributed by atoms with Crippen LogP contribution in [-0.2, 0) is 6.42 Å². The van der Waals surface area contributed by atoms with E-state index in [4.69, 9.17) is 4.98 Å². The maximum absolute atomic E-state index is 4.79. The molecule has 0 bridgehead atoms. The van der Waals surface area contributed by atoms with Gasteiger partial charge in [0.15, 0.2) is 0 Å². The minimum atomic E-state index is 0. The van der Waals surface area contributed by atoms with Gasteiger partial charge >= 0.3 is 0 Å². The van der Waals surface area contributed by atoms with Gasteiger partial charge in [-0.1, -0.05) is 66.2 Å². The average Bonchev–Trinajstić information content (AvgIpc) is 2.56. The molecule has 0 N–H and O–H groups in total. The van der Waals surface area contributed by atoms with Crippen molar-refractivity contribution in [1.82, 2.24) is 4.98 Å². The molecule has 4 aromatic rings. The number of hydrogen-bond donors (Lipinski definition) is 0. The molecule has 0 spiro atoms. The molecule has 4 rings (SSSR count). The first kappa shape index (κ1) is 15.5. The van der Waals surface area contributed by atoms with Gasteiger partial charge in [-0.2, -0.15) is 0 Å². The minimum absolute atomic E-state index is 0. The van der Waals surface area contributed by atoms with E-state index in [1.54, 1.807) is 0 Å². The third-order valence-electron chi connectivity index (χ3n) is 4.20. The van der Waals surface area contributed by atoms with Crippen LogP contribution in [-0.4, -0.2) is 4.98 Å². The molecular weight excluding hydrogens is 302 g/mol. The molecule has 1 aromatic heterocycles. The van der Waals surface area contributed by atoms with Crippen LogP contribution in [0.15, 0.2) is 72.8 Å². The van der Waals surface area contributed by atoms with Crippen LogP contribution < -0.4 is 0 Å². The molecule has 0 amide bonds. The molecule has 2 heteroatoms. The Morgan fingerprint density at radius 3 is 1.78 bits per heavy atom. The largest absolute Gasteiger partial charge is 0.248 e. The van der Waals surface area contributed by atoms with Crippen molar-refractivity contribution < 1.29 is 0 Å². The second-order valence-electron chi connectivity index (χ2n) is 5.79. The lowest BCUT2D eigenvalue weighted by Crippen LogP contribution is -1.94. The Hall–Kier alpha value is -2.38. The summed E-state index contributed by atoms with van der Waals surface area (Å²) in [6.45, 7) is 2.13. The molecular formula is C21H18ClN. The van der Waals surface area contributed by atoms with E-state index in [0.29, 0.717) is 0 Å². The Kier molecular flexibility index (Phi) is 4.31. The quantitative estimate of drug-likeness (QED) is 0.431. The smallest absolute Gasteiger partial charge is 0.0712 e. The summed E-state index contributed by atoms with van der Waals surface area (Å²) in [7, 11) is 0. The fraction of sp³-hybridized carbons (Fsp3) is 0.0952. The maximum Gasteiger partial charge on any atom is 0.0712 e. The van der Waals surface area contributed by atoms with Crippen molar-refractivity contribution >= 4 is 34.2 Å². The third kappa shape index (κ3) is 2.93. The lowest BCUT2D eigenvalue weighted by molar-refractivity contribution is 1.22. The zero-order valence-electron chi connectivity index (χ0n) is 13.0. The van der Waals surface area contributed by atoms with Gasteiger partial charge in [0.25, 0.3) is 0 Å². The summed E-state index contributed by atoms with van der Waals surface area (Å²) in [5.74, 6) is 0. The SMILES string of the molecule is Cc1ccc(Cc2c3ccccc3nc3ccccc23)cc1.Cl. The van der Waals surface area contributed by atoms with Gasteiger partial charge in [0.2, 0.25) is 0 Å². The fourth-order valence-corrected chi connectivity index (χ4v) is 3.03. The number of benzene rings is 3. The number of rotatable bonds is 2. The zero-order valence-corrected chi connectivity index (χ0v) is 13.8. The van der Waals surface area contributed by atoms with Crippen molar-refractivity contribution in [2.24, 2.45) is 0 Å². The van der Waals surface area contributed by atoms with Gasteiger partial charge in [0.05, 0.1) is 11.0 Å². The Bertz CT molecular complexity index is 904. The van der Waals surface area contributed by atoms with Crippen molar-refractivity contribution in [1.29, 1.82) is 0 Å². The molecule has 0 aliphatic heterocycles. The van der Waals surface area contributed by atoms with Crippen LogP contribution in [0.25, 0.3) is 21.8 Å². The number of aryl methyl sites for hydroxylation is 1. The summed E-state index contributed by atoms with van der Waals surface area (Å²) in [5, 5.41) is 2.50. The number of hydrogen-bond acceptors (Lipinski definition) is 1. The van der Waals surface area contributed by atoms with E-state index < -0.39 is 0 Å². The lowest BCUT2D eigenvalue weighted by Gasteiger charge is -2.11. The number of pyridine rings is 1. The average molecular weight is 320 g/mol. The van der Waals surface area contributed by atoms with Gasteiger partial charge in [-0.25, -0.2) is 4.98 Å². The number of aromatic nitrogens is 1. The maximum atomic E-state index is 4.79. The summed E-state index contributed by atoms with van der Waals surface area (Å²) < 4.78 is 0. The summed E-state index contributed by atoms with van der Waals surface area (Å²) in [6.07, 6.45) is 0.934. The van der Waals surface area contributed by atoms with Gasteiger partial charge in [-0.3, -0.25) is 0 Å². The van der Waals surface area contributed by atoms with Crippen LogP contribution in [0.3, 0.4) is 0 Å². The van der Waals surface area contributed by atoms with Gasteiger partial charge in [0, 0.05) is 10.8 Å². The van der Waals surface area contributed by atoms with E-state index in [1.165, 1.54) is 27.5 Å². The predicted molar refractivity (Wildman–Crippen MR) is 100 cm³/mol. The molecule has 0 radical (unpaired) electrons. The molecule has 1 heterocycles. The number of para-hydroxylation sites is 2. The Morgan fingerprint density at radius 1 is 0.696 bits per heavy atom. The summed E-state index contributed by atoms with van der Waals surface area (Å²) >= 11 is 0. The highest BCUT2D eigenvalue weighted by molar-refractivity contribution is 5.97. The normalized spacial score (nSPS) is 10.7. The van der Waals surface area contributed by atoms with Crippen molar-refractivity contribution in [2.45, 2.75) is 13.3 Å². The first-order chi connectivity index (χ1) is 10.8. The molecule has 0 aliphatic rings. The first-order valence-electron chi connectivity index (χ1n) is 7.63. The van der Waals surface area contributed by atoms with Crippen LogP contribution >= 0.6 is 12.4 Å². The minimum Gasteiger partial charge on any atom is -0.248 e. The van der Waals surface area contributed by atoms with E-state index in [1.807, 2.05) is 0 Å². The third-order valence-corrected chi connectivity index (χ3v) is 4.20. The summed E-state index contributed by atoms with van der Waals surface area (Å²) in [5.41, 5.74) is 6.15. The molecule has 0 unspecified atom stereocenters. The van der Waals surface area contributed by atoms with Gasteiger partial charge in [-0.15, -0.1) is 12.4 Å². The highest BCUT2D eigenvalue weighted by atomic mass is 35.5. The molecule has 0 fully saturated rings. The molecule has 0 saturated carbocycles. The van der Waals surface area contributed by atoms with E-state index >= 15 is 0 Å². The van der Waals surface area contributed by atoms with Crippen molar-refractivity contribution in [3.63, 3.8) is 0 Å². The van der Waals surface area contributed by atoms with Crippen LogP contribution in [0.5, 0.6) is 0 Å². The summed E-state index contributed by atoms with van der Waals surface area (Å²) in [4.78, 5) is 4.79. The zero-order chi connectivity index (χ0) is 14.9. The highest BCUT2D eigenvalue weighted by Crippen LogP contribution is 2.28. The van der Waals surface area contributed by atoms with E-state index in [0.717, 1.165) is 17.5 Å². The molecule has 0 saturated heterocycles. The Labute approximate surface area is 142 Å². The van der Waals surface area contributed by atoms with Gasteiger partial charge < -0.3 is 0 Å². The number of nitrogens with zero attached hydrogens (tertiary/aromatic N) is 1. The van der Waals surface area contributed by atoms with Crippen LogP contribution in [0.1, 0.15) is 16.7 Å². The van der Waals surface area contributed by atoms with E-state index in [9.17, 15) is 0 Å². The second-order valence-corrected chi connectivity index (χ2v) is 5.79. The number of fused-ring (bicyclic) bond motifs is 2. The monoisotopic (exact) mass is 319 g/mol.